The zero-order valence-electron chi connectivity index (χ0n) is 7.31. The zero-order valence-corrected chi connectivity index (χ0v) is 10.4. The van der Waals surface area contributed by atoms with Crippen molar-refractivity contribution in [3.05, 3.63) is 38.5 Å². The Morgan fingerprint density at radius 3 is 2.64 bits per heavy atom. The average Bonchev–Trinajstić information content (AvgIpc) is 2.14. The quantitative estimate of drug-likeness (QED) is 0.646. The van der Waals surface area contributed by atoms with Gasteiger partial charge in [-0.05, 0) is 41.1 Å². The second-order valence-electron chi connectivity index (χ2n) is 2.99. The number of aryl methyl sites for hydroxylation is 1. The molecule has 1 aromatic carbocycles. The smallest absolute Gasteiger partial charge is 0.137 e. The van der Waals surface area contributed by atoms with Crippen LogP contribution in [0.1, 0.15) is 5.69 Å². The van der Waals surface area contributed by atoms with Crippen LogP contribution in [0.5, 0.6) is 0 Å². The van der Waals surface area contributed by atoms with Crippen molar-refractivity contribution in [2.75, 3.05) is 0 Å². The summed E-state index contributed by atoms with van der Waals surface area (Å²) in [5.41, 5.74) is 0.866. The van der Waals surface area contributed by atoms with Crippen molar-refractivity contribution < 1.29 is 0 Å². The summed E-state index contributed by atoms with van der Waals surface area (Å²) in [5.74, 6) is 0. The second-order valence-corrected chi connectivity index (χ2v) is 4.58. The lowest BCUT2D eigenvalue weighted by Gasteiger charge is -2.05. The Morgan fingerprint density at radius 2 is 1.93 bits per heavy atom. The molecular weight excluding hydrogens is 285 g/mol. The van der Waals surface area contributed by atoms with Gasteiger partial charge in [0.1, 0.15) is 5.15 Å². The highest BCUT2D eigenvalue weighted by Crippen LogP contribution is 2.32. The summed E-state index contributed by atoms with van der Waals surface area (Å²) in [5, 5.41) is 3.11. The number of benzene rings is 1. The van der Waals surface area contributed by atoms with Crippen molar-refractivity contribution in [1.29, 1.82) is 0 Å². The second kappa shape index (κ2) is 3.69. The van der Waals surface area contributed by atoms with E-state index in [0.29, 0.717) is 10.2 Å². The number of hydrogen-bond acceptors (Lipinski definition) is 1. The topological polar surface area (TPSA) is 12.9 Å². The molecule has 0 aliphatic rings. The fourth-order valence-corrected chi connectivity index (χ4v) is 2.21. The van der Waals surface area contributed by atoms with Crippen LogP contribution in [0.15, 0.2) is 22.7 Å². The van der Waals surface area contributed by atoms with Crippen LogP contribution in [0.3, 0.4) is 0 Å². The Labute approximate surface area is 100 Å². The van der Waals surface area contributed by atoms with Crippen LogP contribution in [0.25, 0.3) is 10.8 Å². The van der Waals surface area contributed by atoms with Crippen LogP contribution in [0.2, 0.25) is 10.2 Å². The van der Waals surface area contributed by atoms with Crippen molar-refractivity contribution in [2.24, 2.45) is 0 Å². The van der Waals surface area contributed by atoms with Crippen molar-refractivity contribution in [3.63, 3.8) is 0 Å². The Morgan fingerprint density at radius 1 is 1.21 bits per heavy atom. The molecule has 0 amide bonds. The van der Waals surface area contributed by atoms with E-state index in [1.54, 1.807) is 6.07 Å². The first kappa shape index (κ1) is 10.2. The van der Waals surface area contributed by atoms with E-state index in [4.69, 9.17) is 23.2 Å². The SMILES string of the molecule is Cc1nc(Cl)c2ccc(Cl)cc2c1Br. The highest BCUT2D eigenvalue weighted by atomic mass is 79.9. The van der Waals surface area contributed by atoms with Gasteiger partial charge in [-0.15, -0.1) is 0 Å². The molecule has 0 saturated carbocycles. The molecule has 0 unspecified atom stereocenters. The summed E-state index contributed by atoms with van der Waals surface area (Å²) >= 11 is 15.4. The average molecular weight is 291 g/mol. The lowest BCUT2D eigenvalue weighted by molar-refractivity contribution is 1.21. The first-order valence-electron chi connectivity index (χ1n) is 4.00. The monoisotopic (exact) mass is 289 g/mol. The van der Waals surface area contributed by atoms with Crippen LogP contribution in [-0.2, 0) is 0 Å². The Balaban J connectivity index is 2.95. The standard InChI is InChI=1S/C10H6BrCl2N/c1-5-9(11)8-4-6(12)2-3-7(8)10(13)14-5/h2-4H,1H3. The Kier molecular flexibility index (Phi) is 2.69. The van der Waals surface area contributed by atoms with E-state index in [2.05, 4.69) is 20.9 Å². The van der Waals surface area contributed by atoms with E-state index >= 15 is 0 Å². The van der Waals surface area contributed by atoms with E-state index in [1.807, 2.05) is 19.1 Å². The van der Waals surface area contributed by atoms with E-state index in [-0.39, 0.29) is 0 Å². The third kappa shape index (κ3) is 1.62. The van der Waals surface area contributed by atoms with E-state index < -0.39 is 0 Å². The molecule has 0 saturated heterocycles. The molecule has 0 atom stereocenters. The third-order valence-electron chi connectivity index (χ3n) is 2.02. The molecule has 0 radical (unpaired) electrons. The van der Waals surface area contributed by atoms with Crippen LogP contribution >= 0.6 is 39.1 Å². The fraction of sp³-hybridized carbons (Fsp3) is 0.100. The molecule has 14 heavy (non-hydrogen) atoms. The first-order valence-corrected chi connectivity index (χ1v) is 5.55. The molecular formula is C10H6BrCl2N. The number of halogens is 3. The summed E-state index contributed by atoms with van der Waals surface area (Å²) in [7, 11) is 0. The summed E-state index contributed by atoms with van der Waals surface area (Å²) in [6.07, 6.45) is 0. The summed E-state index contributed by atoms with van der Waals surface area (Å²) in [6, 6.07) is 5.55. The normalized spacial score (nSPS) is 10.9. The summed E-state index contributed by atoms with van der Waals surface area (Å²) < 4.78 is 0.944. The minimum absolute atomic E-state index is 0.511. The molecule has 0 aliphatic heterocycles. The maximum Gasteiger partial charge on any atom is 0.137 e. The van der Waals surface area contributed by atoms with Crippen molar-refractivity contribution >= 4 is 49.9 Å². The van der Waals surface area contributed by atoms with Gasteiger partial charge < -0.3 is 0 Å². The maximum absolute atomic E-state index is 6.01. The highest BCUT2D eigenvalue weighted by Gasteiger charge is 2.07. The minimum atomic E-state index is 0.511. The van der Waals surface area contributed by atoms with Gasteiger partial charge in [0.05, 0.1) is 5.69 Å². The van der Waals surface area contributed by atoms with Crippen molar-refractivity contribution in [1.82, 2.24) is 4.98 Å². The van der Waals surface area contributed by atoms with Crippen LogP contribution in [0, 0.1) is 6.92 Å². The van der Waals surface area contributed by atoms with E-state index in [9.17, 15) is 0 Å². The van der Waals surface area contributed by atoms with E-state index in [1.165, 1.54) is 0 Å². The van der Waals surface area contributed by atoms with Gasteiger partial charge in [-0.3, -0.25) is 0 Å². The minimum Gasteiger partial charge on any atom is -0.240 e. The lowest BCUT2D eigenvalue weighted by atomic mass is 10.1. The molecule has 0 spiro atoms. The number of hydrogen-bond donors (Lipinski definition) is 0. The fourth-order valence-electron chi connectivity index (χ4n) is 1.33. The number of fused-ring (bicyclic) bond motifs is 1. The van der Waals surface area contributed by atoms with Gasteiger partial charge in [0.25, 0.3) is 0 Å². The lowest BCUT2D eigenvalue weighted by Crippen LogP contribution is -1.87. The largest absolute Gasteiger partial charge is 0.240 e. The summed E-state index contributed by atoms with van der Waals surface area (Å²) in [6.45, 7) is 1.90. The van der Waals surface area contributed by atoms with Crippen molar-refractivity contribution in [3.8, 4) is 0 Å². The van der Waals surface area contributed by atoms with Gasteiger partial charge in [-0.1, -0.05) is 23.2 Å². The molecule has 72 valence electrons. The predicted molar refractivity (Wildman–Crippen MR) is 64.2 cm³/mol. The zero-order chi connectivity index (χ0) is 10.3. The predicted octanol–water partition coefficient (Wildman–Crippen LogP) is 4.61. The van der Waals surface area contributed by atoms with E-state index in [0.717, 1.165) is 20.9 Å². The van der Waals surface area contributed by atoms with Crippen LogP contribution in [-0.4, -0.2) is 4.98 Å². The summed E-state index contributed by atoms with van der Waals surface area (Å²) in [4.78, 5) is 4.21. The molecule has 0 N–H and O–H groups in total. The molecule has 4 heteroatoms. The Bertz CT molecular complexity index is 511. The van der Waals surface area contributed by atoms with Gasteiger partial charge in [-0.25, -0.2) is 4.98 Å². The molecule has 0 fully saturated rings. The molecule has 2 rings (SSSR count). The molecule has 0 bridgehead atoms. The maximum atomic E-state index is 6.01. The van der Waals surface area contributed by atoms with Gasteiger partial charge >= 0.3 is 0 Å². The molecule has 1 heterocycles. The van der Waals surface area contributed by atoms with Gasteiger partial charge in [-0.2, -0.15) is 0 Å². The molecule has 1 aromatic heterocycles. The van der Waals surface area contributed by atoms with Crippen molar-refractivity contribution in [2.45, 2.75) is 6.92 Å². The first-order chi connectivity index (χ1) is 6.59. The van der Waals surface area contributed by atoms with Gasteiger partial charge in [0, 0.05) is 20.3 Å². The molecule has 0 aliphatic carbocycles. The number of pyridine rings is 1. The molecule has 1 nitrogen and oxygen atoms in total. The highest BCUT2D eigenvalue weighted by molar-refractivity contribution is 9.10. The van der Waals surface area contributed by atoms with Crippen LogP contribution in [0.4, 0.5) is 0 Å². The number of aromatic nitrogens is 1. The third-order valence-corrected chi connectivity index (χ3v) is 3.55. The number of rotatable bonds is 0. The molecule has 2 aromatic rings. The van der Waals surface area contributed by atoms with Gasteiger partial charge in [0.15, 0.2) is 0 Å². The van der Waals surface area contributed by atoms with Crippen LogP contribution < -0.4 is 0 Å². The van der Waals surface area contributed by atoms with Gasteiger partial charge in [0.2, 0.25) is 0 Å². The number of nitrogens with zero attached hydrogens (tertiary/aromatic N) is 1. The Hall–Kier alpha value is -0.310.